The van der Waals surface area contributed by atoms with Crippen molar-refractivity contribution in [2.24, 2.45) is 0 Å². The van der Waals surface area contributed by atoms with E-state index in [9.17, 15) is 14.9 Å². The summed E-state index contributed by atoms with van der Waals surface area (Å²) in [6.07, 6.45) is 0.701. The minimum atomic E-state index is -0.508. The highest BCUT2D eigenvalue weighted by molar-refractivity contribution is 5.81. The Kier molecular flexibility index (Phi) is 3.80. The van der Waals surface area contributed by atoms with E-state index in [2.05, 4.69) is 0 Å². The largest absolute Gasteiger partial charge is 0.450 e. The van der Waals surface area contributed by atoms with E-state index in [4.69, 9.17) is 9.15 Å². The maximum atomic E-state index is 11.6. The molecule has 23 heavy (non-hydrogen) atoms. The summed E-state index contributed by atoms with van der Waals surface area (Å²) < 4.78 is 10.8. The molecule has 1 heterocycles. The van der Waals surface area contributed by atoms with Gasteiger partial charge in [0, 0.05) is 23.6 Å². The van der Waals surface area contributed by atoms with Crippen LogP contribution in [0, 0.1) is 10.1 Å². The van der Waals surface area contributed by atoms with Crippen LogP contribution in [0.4, 0.5) is 5.69 Å². The Morgan fingerprint density at radius 3 is 2.70 bits per heavy atom. The molecule has 6 nitrogen and oxygen atoms in total. The molecule has 116 valence electrons. The van der Waals surface area contributed by atoms with Crippen molar-refractivity contribution in [1.82, 2.24) is 0 Å². The summed E-state index contributed by atoms with van der Waals surface area (Å²) in [7, 11) is 0. The number of nitrogens with zero attached hydrogens (tertiary/aromatic N) is 1. The number of rotatable bonds is 4. The first-order valence-corrected chi connectivity index (χ1v) is 7.06. The number of hydrogen-bond acceptors (Lipinski definition) is 5. The van der Waals surface area contributed by atoms with Gasteiger partial charge in [0.25, 0.3) is 0 Å². The van der Waals surface area contributed by atoms with Gasteiger partial charge in [-0.2, -0.15) is 0 Å². The Morgan fingerprint density at radius 2 is 1.96 bits per heavy atom. The van der Waals surface area contributed by atoms with Crippen LogP contribution in [0.1, 0.15) is 12.5 Å². The zero-order valence-corrected chi connectivity index (χ0v) is 12.3. The van der Waals surface area contributed by atoms with E-state index in [0.29, 0.717) is 17.8 Å². The minimum Gasteiger partial charge on any atom is -0.450 e. The standard InChI is InChI=1S/C17H13NO5/c1-2-11-9-17(19)23-16-10-12(7-8-13(11)16)22-15-6-4-3-5-14(15)18(20)21/h3-10H,2H2,1H3. The number of ether oxygens (including phenoxy) is 1. The predicted molar refractivity (Wildman–Crippen MR) is 85.0 cm³/mol. The van der Waals surface area contributed by atoms with E-state index in [1.807, 2.05) is 6.92 Å². The summed E-state index contributed by atoms with van der Waals surface area (Å²) >= 11 is 0. The predicted octanol–water partition coefficient (Wildman–Crippen LogP) is 4.06. The Balaban J connectivity index is 2.05. The average molecular weight is 311 g/mol. The van der Waals surface area contributed by atoms with Crippen LogP contribution in [0.15, 0.2) is 57.7 Å². The van der Waals surface area contributed by atoms with Crippen LogP contribution in [0.2, 0.25) is 0 Å². The van der Waals surface area contributed by atoms with Gasteiger partial charge in [-0.1, -0.05) is 19.1 Å². The van der Waals surface area contributed by atoms with Gasteiger partial charge in [-0.15, -0.1) is 0 Å². The molecule has 0 aliphatic rings. The summed E-state index contributed by atoms with van der Waals surface area (Å²) in [5, 5.41) is 11.8. The summed E-state index contributed by atoms with van der Waals surface area (Å²) in [5.41, 5.74) is 0.715. The van der Waals surface area contributed by atoms with Crippen LogP contribution in [0.5, 0.6) is 11.5 Å². The van der Waals surface area contributed by atoms with Crippen LogP contribution >= 0.6 is 0 Å². The maximum absolute atomic E-state index is 11.6. The lowest BCUT2D eigenvalue weighted by atomic mass is 10.1. The molecule has 0 saturated heterocycles. The SMILES string of the molecule is CCc1cc(=O)oc2cc(Oc3ccccc3[N+](=O)[O-])ccc12. The molecule has 1 aromatic heterocycles. The molecule has 0 spiro atoms. The van der Waals surface area contributed by atoms with Crippen molar-refractivity contribution in [1.29, 1.82) is 0 Å². The first-order valence-electron chi connectivity index (χ1n) is 7.06. The second-order valence-corrected chi connectivity index (χ2v) is 4.93. The van der Waals surface area contributed by atoms with Crippen LogP contribution < -0.4 is 10.4 Å². The van der Waals surface area contributed by atoms with Gasteiger partial charge >= 0.3 is 11.3 Å². The quantitative estimate of drug-likeness (QED) is 0.412. The summed E-state index contributed by atoms with van der Waals surface area (Å²) in [6, 6.07) is 12.6. The van der Waals surface area contributed by atoms with E-state index in [1.54, 1.807) is 30.3 Å². The van der Waals surface area contributed by atoms with E-state index < -0.39 is 10.5 Å². The zero-order valence-electron chi connectivity index (χ0n) is 12.3. The second kappa shape index (κ2) is 5.92. The molecule has 0 radical (unpaired) electrons. The van der Waals surface area contributed by atoms with Crippen molar-refractivity contribution in [2.45, 2.75) is 13.3 Å². The number of nitro benzene ring substituents is 1. The normalized spacial score (nSPS) is 10.7. The van der Waals surface area contributed by atoms with Crippen molar-refractivity contribution >= 4 is 16.7 Å². The summed E-state index contributed by atoms with van der Waals surface area (Å²) in [5.74, 6) is 0.494. The van der Waals surface area contributed by atoms with Gasteiger partial charge in [-0.3, -0.25) is 10.1 Å². The first-order chi connectivity index (χ1) is 11.1. The number of hydrogen-bond donors (Lipinski definition) is 0. The van der Waals surface area contributed by atoms with Crippen molar-refractivity contribution in [2.75, 3.05) is 0 Å². The Bertz CT molecular complexity index is 945. The Hall–Kier alpha value is -3.15. The first kappa shape index (κ1) is 14.8. The molecule has 3 rings (SSSR count). The number of aryl methyl sites for hydroxylation is 1. The lowest BCUT2D eigenvalue weighted by Gasteiger charge is -2.08. The molecule has 3 aromatic rings. The lowest BCUT2D eigenvalue weighted by molar-refractivity contribution is -0.385. The smallest absolute Gasteiger partial charge is 0.336 e. The number of para-hydroxylation sites is 2. The fourth-order valence-electron chi connectivity index (χ4n) is 2.39. The molecule has 2 aromatic carbocycles. The topological polar surface area (TPSA) is 82.6 Å². The van der Waals surface area contributed by atoms with Gasteiger partial charge < -0.3 is 9.15 Å². The Labute approximate surface area is 131 Å². The van der Waals surface area contributed by atoms with Crippen molar-refractivity contribution in [3.05, 3.63) is 74.6 Å². The molecule has 6 heteroatoms. The molecule has 0 amide bonds. The van der Waals surface area contributed by atoms with E-state index in [0.717, 1.165) is 10.9 Å². The highest BCUT2D eigenvalue weighted by Gasteiger charge is 2.15. The summed E-state index contributed by atoms with van der Waals surface area (Å²) in [4.78, 5) is 22.1. The van der Waals surface area contributed by atoms with Crippen LogP contribution in [-0.2, 0) is 6.42 Å². The van der Waals surface area contributed by atoms with E-state index >= 15 is 0 Å². The molecular weight excluding hydrogens is 298 g/mol. The third-order valence-electron chi connectivity index (χ3n) is 3.47. The fourth-order valence-corrected chi connectivity index (χ4v) is 2.39. The molecule has 0 aliphatic carbocycles. The van der Waals surface area contributed by atoms with Gasteiger partial charge in [0.1, 0.15) is 11.3 Å². The van der Waals surface area contributed by atoms with Crippen molar-refractivity contribution < 1.29 is 14.1 Å². The zero-order chi connectivity index (χ0) is 16.4. The molecule has 0 bridgehead atoms. The molecule has 0 saturated carbocycles. The molecule has 0 fully saturated rings. The molecule has 0 N–H and O–H groups in total. The van der Waals surface area contributed by atoms with Crippen molar-refractivity contribution in [3.63, 3.8) is 0 Å². The molecule has 0 aliphatic heterocycles. The highest BCUT2D eigenvalue weighted by Crippen LogP contribution is 2.32. The van der Waals surface area contributed by atoms with E-state index in [-0.39, 0.29) is 11.4 Å². The monoisotopic (exact) mass is 311 g/mol. The third-order valence-corrected chi connectivity index (χ3v) is 3.47. The fraction of sp³-hybridized carbons (Fsp3) is 0.118. The van der Waals surface area contributed by atoms with Crippen LogP contribution in [0.3, 0.4) is 0 Å². The van der Waals surface area contributed by atoms with Crippen molar-refractivity contribution in [3.8, 4) is 11.5 Å². The third kappa shape index (κ3) is 2.91. The van der Waals surface area contributed by atoms with E-state index in [1.165, 1.54) is 18.2 Å². The Morgan fingerprint density at radius 1 is 1.17 bits per heavy atom. The van der Waals surface area contributed by atoms with Gasteiger partial charge in [-0.25, -0.2) is 4.79 Å². The summed E-state index contributed by atoms with van der Waals surface area (Å²) in [6.45, 7) is 1.95. The average Bonchev–Trinajstić information content (AvgIpc) is 2.54. The maximum Gasteiger partial charge on any atom is 0.336 e. The molecular formula is C17H13NO5. The number of fused-ring (bicyclic) bond motifs is 1. The second-order valence-electron chi connectivity index (χ2n) is 4.93. The van der Waals surface area contributed by atoms with Crippen LogP contribution in [-0.4, -0.2) is 4.92 Å². The minimum absolute atomic E-state index is 0.128. The van der Waals surface area contributed by atoms with Gasteiger partial charge in [0.15, 0.2) is 0 Å². The highest BCUT2D eigenvalue weighted by atomic mass is 16.6. The van der Waals surface area contributed by atoms with Gasteiger partial charge in [0.05, 0.1) is 4.92 Å². The lowest BCUT2D eigenvalue weighted by Crippen LogP contribution is -2.00. The van der Waals surface area contributed by atoms with Crippen LogP contribution in [0.25, 0.3) is 11.0 Å². The number of benzene rings is 2. The number of nitro groups is 1. The van der Waals surface area contributed by atoms with Gasteiger partial charge in [0.2, 0.25) is 5.75 Å². The van der Waals surface area contributed by atoms with Gasteiger partial charge in [-0.05, 0) is 30.2 Å². The molecule has 0 unspecified atom stereocenters. The molecule has 0 atom stereocenters.